The molecule has 0 fully saturated rings. The van der Waals surface area contributed by atoms with E-state index >= 15 is 0 Å². The molecule has 0 spiro atoms. The van der Waals surface area contributed by atoms with Gasteiger partial charge < -0.3 is 19.2 Å². The van der Waals surface area contributed by atoms with Crippen LogP contribution >= 0.6 is 11.3 Å². The number of anilines is 1. The highest BCUT2D eigenvalue weighted by atomic mass is 32.1. The van der Waals surface area contributed by atoms with E-state index < -0.39 is 23.9 Å². The summed E-state index contributed by atoms with van der Waals surface area (Å²) in [5.41, 5.74) is 1.75. The van der Waals surface area contributed by atoms with Gasteiger partial charge in [-0.25, -0.2) is 9.59 Å². The Kier molecular flexibility index (Phi) is 6.46. The first-order valence-electron chi connectivity index (χ1n) is 8.90. The Morgan fingerprint density at radius 2 is 1.86 bits per heavy atom. The van der Waals surface area contributed by atoms with Crippen LogP contribution in [0.4, 0.5) is 5.00 Å². The van der Waals surface area contributed by atoms with Crippen LogP contribution in [0.5, 0.6) is 0 Å². The molecule has 1 amide bonds. The van der Waals surface area contributed by atoms with Crippen LogP contribution in [0, 0.1) is 0 Å². The molecule has 29 heavy (non-hydrogen) atoms. The lowest BCUT2D eigenvalue weighted by Gasteiger charge is -2.13. The number of benzene rings is 1. The Hall–Kier alpha value is -3.39. The minimum absolute atomic E-state index is 0.000602. The lowest BCUT2D eigenvalue weighted by molar-refractivity contribution is -0.123. The highest BCUT2D eigenvalue weighted by molar-refractivity contribution is 7.15. The predicted molar refractivity (Wildman–Crippen MR) is 108 cm³/mol. The number of thiophene rings is 1. The van der Waals surface area contributed by atoms with Crippen molar-refractivity contribution in [1.29, 1.82) is 0 Å². The molecule has 0 aliphatic heterocycles. The van der Waals surface area contributed by atoms with Crippen molar-refractivity contribution in [2.45, 2.75) is 20.0 Å². The lowest BCUT2D eigenvalue weighted by Crippen LogP contribution is -2.30. The topological polar surface area (TPSA) is 94.8 Å². The van der Waals surface area contributed by atoms with Gasteiger partial charge in [0.2, 0.25) is 5.76 Å². The number of esters is 2. The molecule has 1 unspecified atom stereocenters. The van der Waals surface area contributed by atoms with Crippen LogP contribution in [-0.4, -0.2) is 30.6 Å². The van der Waals surface area contributed by atoms with Gasteiger partial charge in [-0.15, -0.1) is 11.3 Å². The Morgan fingerprint density at radius 3 is 2.52 bits per heavy atom. The zero-order valence-corrected chi connectivity index (χ0v) is 16.7. The summed E-state index contributed by atoms with van der Waals surface area (Å²) in [6, 6.07) is 12.3. The summed E-state index contributed by atoms with van der Waals surface area (Å²) in [7, 11) is 0. The van der Waals surface area contributed by atoms with Gasteiger partial charge in [-0.3, -0.25) is 4.79 Å². The molecule has 150 valence electrons. The third-order valence-corrected chi connectivity index (χ3v) is 4.86. The monoisotopic (exact) mass is 413 g/mol. The molecule has 8 heteroatoms. The summed E-state index contributed by atoms with van der Waals surface area (Å²) in [6.45, 7) is 3.35. The van der Waals surface area contributed by atoms with Gasteiger partial charge in [0, 0.05) is 10.9 Å². The number of nitrogens with one attached hydrogen (secondary N) is 1. The van der Waals surface area contributed by atoms with Crippen molar-refractivity contribution in [2.24, 2.45) is 0 Å². The quantitative estimate of drug-likeness (QED) is 0.578. The summed E-state index contributed by atoms with van der Waals surface area (Å²) < 4.78 is 15.2. The Morgan fingerprint density at radius 1 is 1.10 bits per heavy atom. The first-order chi connectivity index (χ1) is 14.0. The maximum atomic E-state index is 12.5. The van der Waals surface area contributed by atoms with E-state index in [1.807, 2.05) is 30.3 Å². The van der Waals surface area contributed by atoms with Gasteiger partial charge in [0.25, 0.3) is 5.91 Å². The van der Waals surface area contributed by atoms with Gasteiger partial charge in [-0.2, -0.15) is 0 Å². The van der Waals surface area contributed by atoms with Gasteiger partial charge >= 0.3 is 11.9 Å². The number of hydrogen-bond donors (Lipinski definition) is 1. The van der Waals surface area contributed by atoms with Crippen molar-refractivity contribution in [3.05, 3.63) is 65.4 Å². The van der Waals surface area contributed by atoms with E-state index in [1.165, 1.54) is 30.6 Å². The van der Waals surface area contributed by atoms with Crippen molar-refractivity contribution in [3.63, 3.8) is 0 Å². The van der Waals surface area contributed by atoms with Crippen molar-refractivity contribution < 1.29 is 28.3 Å². The largest absolute Gasteiger partial charge is 0.462 e. The van der Waals surface area contributed by atoms with Crippen LogP contribution in [0.15, 0.2) is 58.5 Å². The molecule has 0 aliphatic rings. The third-order valence-electron chi connectivity index (χ3n) is 3.97. The molecule has 2 aromatic heterocycles. The van der Waals surface area contributed by atoms with Gasteiger partial charge in [0.15, 0.2) is 6.10 Å². The van der Waals surface area contributed by atoms with Crippen LogP contribution in [-0.2, 0) is 14.3 Å². The molecule has 1 N–H and O–H groups in total. The predicted octanol–water partition coefficient (Wildman–Crippen LogP) is 4.37. The normalized spacial score (nSPS) is 11.5. The van der Waals surface area contributed by atoms with Crippen molar-refractivity contribution >= 4 is 34.2 Å². The molecule has 0 aliphatic carbocycles. The summed E-state index contributed by atoms with van der Waals surface area (Å²) in [4.78, 5) is 37.0. The maximum absolute atomic E-state index is 12.5. The number of carbonyl (C=O) groups excluding carboxylic acids is 3. The third kappa shape index (κ3) is 4.72. The first-order valence-corrected chi connectivity index (χ1v) is 9.78. The first kappa shape index (κ1) is 20.3. The van der Waals surface area contributed by atoms with E-state index in [0.29, 0.717) is 10.6 Å². The van der Waals surface area contributed by atoms with E-state index in [0.717, 1.165) is 5.56 Å². The lowest BCUT2D eigenvalue weighted by atomic mass is 10.0. The van der Waals surface area contributed by atoms with Crippen molar-refractivity contribution in [1.82, 2.24) is 0 Å². The zero-order valence-electron chi connectivity index (χ0n) is 15.8. The second kappa shape index (κ2) is 9.20. The number of ether oxygens (including phenoxy) is 2. The number of amides is 1. The fraction of sp³-hybridized carbons (Fsp3) is 0.190. The zero-order chi connectivity index (χ0) is 20.8. The Balaban J connectivity index is 1.80. The molecule has 0 saturated carbocycles. The van der Waals surface area contributed by atoms with Gasteiger partial charge in [0.05, 0.1) is 12.9 Å². The average molecular weight is 413 g/mol. The number of rotatable bonds is 7. The van der Waals surface area contributed by atoms with Crippen molar-refractivity contribution in [2.75, 3.05) is 11.9 Å². The van der Waals surface area contributed by atoms with Crippen LogP contribution in [0.25, 0.3) is 11.1 Å². The van der Waals surface area contributed by atoms with E-state index in [4.69, 9.17) is 13.9 Å². The number of carbonyl (C=O) groups is 3. The number of furan rings is 1. The summed E-state index contributed by atoms with van der Waals surface area (Å²) >= 11 is 1.20. The molecule has 0 saturated heterocycles. The molecule has 2 heterocycles. The van der Waals surface area contributed by atoms with Crippen LogP contribution in [0.1, 0.15) is 34.8 Å². The molecule has 3 aromatic rings. The molecular weight excluding hydrogens is 394 g/mol. The van der Waals surface area contributed by atoms with Crippen LogP contribution < -0.4 is 5.32 Å². The SMILES string of the molecule is CCOC(=O)c1c(-c2ccccc2)csc1NC(=O)C(C)OC(=O)c1ccco1. The maximum Gasteiger partial charge on any atom is 0.374 e. The molecule has 3 rings (SSSR count). The second-order valence-corrected chi connectivity index (χ2v) is 6.83. The minimum atomic E-state index is -1.09. The van der Waals surface area contributed by atoms with Crippen LogP contribution in [0.3, 0.4) is 0 Å². The van der Waals surface area contributed by atoms with Gasteiger partial charge in [0.1, 0.15) is 10.6 Å². The fourth-order valence-corrected chi connectivity index (χ4v) is 3.53. The molecule has 0 radical (unpaired) electrons. The molecular formula is C21H19NO6S. The van der Waals surface area contributed by atoms with E-state index in [9.17, 15) is 14.4 Å². The molecule has 7 nitrogen and oxygen atoms in total. The summed E-state index contributed by atoms with van der Waals surface area (Å²) in [6.07, 6.45) is 0.244. The smallest absolute Gasteiger partial charge is 0.374 e. The Labute approximate surface area is 171 Å². The van der Waals surface area contributed by atoms with E-state index in [2.05, 4.69) is 5.32 Å². The minimum Gasteiger partial charge on any atom is -0.462 e. The number of hydrogen-bond acceptors (Lipinski definition) is 7. The molecule has 1 atom stereocenters. The van der Waals surface area contributed by atoms with E-state index in [1.54, 1.807) is 18.4 Å². The van der Waals surface area contributed by atoms with Crippen molar-refractivity contribution in [3.8, 4) is 11.1 Å². The van der Waals surface area contributed by atoms with Gasteiger partial charge in [-0.1, -0.05) is 30.3 Å². The highest BCUT2D eigenvalue weighted by Gasteiger charge is 2.26. The van der Waals surface area contributed by atoms with Gasteiger partial charge in [-0.05, 0) is 31.5 Å². The fourth-order valence-electron chi connectivity index (χ4n) is 2.57. The Bertz CT molecular complexity index is 994. The molecule has 1 aromatic carbocycles. The highest BCUT2D eigenvalue weighted by Crippen LogP contribution is 2.36. The average Bonchev–Trinajstić information content (AvgIpc) is 3.39. The standard InChI is InChI=1S/C21H19NO6S/c1-3-26-21(25)17-15(14-8-5-4-6-9-14)12-29-19(17)22-18(23)13(2)28-20(24)16-10-7-11-27-16/h4-13H,3H2,1-2H3,(H,22,23). The summed E-state index contributed by atoms with van der Waals surface area (Å²) in [5, 5.41) is 4.76. The molecule has 0 bridgehead atoms. The van der Waals surface area contributed by atoms with E-state index in [-0.39, 0.29) is 17.9 Å². The van der Waals surface area contributed by atoms with Crippen LogP contribution in [0.2, 0.25) is 0 Å². The second-order valence-electron chi connectivity index (χ2n) is 5.95. The summed E-state index contributed by atoms with van der Waals surface area (Å²) in [5.74, 6) is -1.86.